The number of aliphatic carboxylic acids is 1. The fraction of sp³-hybridized carbons (Fsp3) is 0.375. The normalized spacial score (nSPS) is 17.0. The van der Waals surface area contributed by atoms with Crippen LogP contribution < -0.4 is 14.9 Å². The van der Waals surface area contributed by atoms with Crippen molar-refractivity contribution in [2.24, 2.45) is 0 Å². The first-order chi connectivity index (χ1) is 15.1. The molecule has 0 aliphatic carbocycles. The Labute approximate surface area is 187 Å². The highest BCUT2D eigenvalue weighted by Crippen LogP contribution is 2.38. The zero-order valence-electron chi connectivity index (χ0n) is 18.9. The molecule has 0 unspecified atom stereocenters. The van der Waals surface area contributed by atoms with E-state index >= 15 is 0 Å². The van der Waals surface area contributed by atoms with Gasteiger partial charge in [0.05, 0.1) is 31.0 Å². The van der Waals surface area contributed by atoms with Crippen molar-refractivity contribution < 1.29 is 33.1 Å². The maximum absolute atomic E-state index is 11.1. The van der Waals surface area contributed by atoms with Gasteiger partial charge in [0.15, 0.2) is 11.3 Å². The Morgan fingerprint density at radius 3 is 2.38 bits per heavy atom. The quantitative estimate of drug-likeness (QED) is 0.559. The number of methoxy groups -OCH3 is 1. The number of fused-ring (bicyclic) bond motifs is 1. The summed E-state index contributed by atoms with van der Waals surface area (Å²) in [6, 6.07) is 10.9. The fourth-order valence-corrected chi connectivity index (χ4v) is 3.66. The van der Waals surface area contributed by atoms with E-state index in [0.29, 0.717) is 22.6 Å². The Hall–Kier alpha value is -2.97. The summed E-state index contributed by atoms with van der Waals surface area (Å²) in [4.78, 5) is 11.1. The first kappa shape index (κ1) is 22.2. The maximum atomic E-state index is 11.1. The molecule has 1 aliphatic rings. The molecule has 0 saturated carbocycles. The first-order valence-electron chi connectivity index (χ1n) is 10.5. The molecule has 0 bridgehead atoms. The molecule has 1 saturated heterocycles. The summed E-state index contributed by atoms with van der Waals surface area (Å²) in [6.45, 7) is 8.24. The molecule has 1 N–H and O–H groups in total. The Bertz CT molecular complexity index is 1130. The Balaban J connectivity index is 1.65. The second-order valence-corrected chi connectivity index (χ2v) is 8.92. The van der Waals surface area contributed by atoms with E-state index in [9.17, 15) is 4.79 Å². The number of furan rings is 1. The molecule has 8 heteroatoms. The van der Waals surface area contributed by atoms with Gasteiger partial charge < -0.3 is 28.3 Å². The molecule has 2 heterocycles. The van der Waals surface area contributed by atoms with Crippen LogP contribution in [0.4, 0.5) is 0 Å². The van der Waals surface area contributed by atoms with Crippen LogP contribution in [0.5, 0.6) is 11.5 Å². The summed E-state index contributed by atoms with van der Waals surface area (Å²) in [5.74, 6) is 0.190. The minimum absolute atomic E-state index is 0.109. The first-order valence-corrected chi connectivity index (χ1v) is 10.5. The lowest BCUT2D eigenvalue weighted by Gasteiger charge is -2.32. The van der Waals surface area contributed by atoms with Crippen LogP contribution in [-0.4, -0.2) is 36.5 Å². The third-order valence-electron chi connectivity index (χ3n) is 6.18. The van der Waals surface area contributed by atoms with Crippen LogP contribution in [0.1, 0.15) is 38.8 Å². The van der Waals surface area contributed by atoms with Gasteiger partial charge in [0.25, 0.3) is 0 Å². The predicted molar refractivity (Wildman–Crippen MR) is 121 cm³/mol. The fourth-order valence-electron chi connectivity index (χ4n) is 3.66. The largest absolute Gasteiger partial charge is 0.494 e. The van der Waals surface area contributed by atoms with E-state index in [-0.39, 0.29) is 13.0 Å². The van der Waals surface area contributed by atoms with Crippen molar-refractivity contribution in [3.05, 3.63) is 53.8 Å². The molecule has 4 rings (SSSR count). The number of carboxylic acid groups (broad SMARTS) is 1. The van der Waals surface area contributed by atoms with Gasteiger partial charge in [0, 0.05) is 16.5 Å². The molecule has 0 amide bonds. The van der Waals surface area contributed by atoms with Gasteiger partial charge in [0.1, 0.15) is 12.4 Å². The molecular weight excluding hydrogens is 411 g/mol. The van der Waals surface area contributed by atoms with Crippen LogP contribution in [0.15, 0.2) is 47.1 Å². The number of rotatable bonds is 7. The number of hydrogen-bond acceptors (Lipinski definition) is 6. The Morgan fingerprint density at radius 1 is 1.03 bits per heavy atom. The van der Waals surface area contributed by atoms with Gasteiger partial charge in [-0.3, -0.25) is 4.79 Å². The average Bonchev–Trinajstić information content (AvgIpc) is 3.23. The Kier molecular flexibility index (Phi) is 5.69. The van der Waals surface area contributed by atoms with Crippen LogP contribution in [-0.2, 0) is 27.1 Å². The van der Waals surface area contributed by atoms with Crippen molar-refractivity contribution in [1.29, 1.82) is 0 Å². The molecule has 1 aromatic heterocycles. The maximum Gasteiger partial charge on any atom is 0.494 e. The second kappa shape index (κ2) is 8.18. The zero-order chi connectivity index (χ0) is 23.1. The van der Waals surface area contributed by atoms with Crippen molar-refractivity contribution in [2.75, 3.05) is 7.11 Å². The van der Waals surface area contributed by atoms with E-state index in [4.69, 9.17) is 28.3 Å². The van der Waals surface area contributed by atoms with E-state index in [1.165, 1.54) is 0 Å². The zero-order valence-corrected chi connectivity index (χ0v) is 18.9. The van der Waals surface area contributed by atoms with E-state index in [1.807, 2.05) is 45.9 Å². The standard InChI is InChI=1S/C24H27BO7/c1-23(2)24(3,4)32-25(31-23)17-11-18-16(14-30-22(18)20(12-17)28-5)13-29-19-9-7-6-8-15(19)10-21(26)27/h6-9,11-12,14H,10,13H2,1-5H3,(H,26,27). The van der Waals surface area contributed by atoms with Gasteiger partial charge in [-0.15, -0.1) is 0 Å². The average molecular weight is 438 g/mol. The Morgan fingerprint density at radius 2 is 1.72 bits per heavy atom. The molecule has 1 aliphatic heterocycles. The molecule has 1 fully saturated rings. The van der Waals surface area contributed by atoms with Crippen LogP contribution >= 0.6 is 0 Å². The van der Waals surface area contributed by atoms with Crippen molar-refractivity contribution in [1.82, 2.24) is 0 Å². The van der Waals surface area contributed by atoms with Crippen LogP contribution in [0.25, 0.3) is 11.0 Å². The summed E-state index contributed by atoms with van der Waals surface area (Å²) in [5, 5.41) is 9.97. The summed E-state index contributed by atoms with van der Waals surface area (Å²) >= 11 is 0. The lowest BCUT2D eigenvalue weighted by atomic mass is 9.78. The number of benzene rings is 2. The van der Waals surface area contributed by atoms with E-state index < -0.39 is 24.3 Å². The summed E-state index contributed by atoms with van der Waals surface area (Å²) in [5.41, 5.74) is 1.92. The molecule has 0 spiro atoms. The van der Waals surface area contributed by atoms with Crippen molar-refractivity contribution in [2.45, 2.75) is 51.9 Å². The van der Waals surface area contributed by atoms with Gasteiger partial charge >= 0.3 is 13.1 Å². The van der Waals surface area contributed by atoms with Crippen molar-refractivity contribution in [3.8, 4) is 11.5 Å². The van der Waals surface area contributed by atoms with Crippen LogP contribution in [0, 0.1) is 0 Å². The molecular formula is C24H27BO7. The SMILES string of the molecule is COc1cc(B2OC(C)(C)C(C)(C)O2)cc2c(COc3ccccc3CC(=O)O)coc12. The topological polar surface area (TPSA) is 87.4 Å². The van der Waals surface area contributed by atoms with E-state index in [2.05, 4.69) is 0 Å². The number of hydrogen-bond donors (Lipinski definition) is 1. The van der Waals surface area contributed by atoms with Gasteiger partial charge in [-0.25, -0.2) is 0 Å². The van der Waals surface area contributed by atoms with Crippen LogP contribution in [0.3, 0.4) is 0 Å². The van der Waals surface area contributed by atoms with Gasteiger partial charge in [-0.2, -0.15) is 0 Å². The molecule has 0 atom stereocenters. The summed E-state index contributed by atoms with van der Waals surface area (Å²) in [7, 11) is 1.04. The van der Waals surface area contributed by atoms with Crippen molar-refractivity contribution in [3.63, 3.8) is 0 Å². The molecule has 2 aromatic carbocycles. The smallest absolute Gasteiger partial charge is 0.493 e. The second-order valence-electron chi connectivity index (χ2n) is 8.92. The number of para-hydroxylation sites is 1. The van der Waals surface area contributed by atoms with E-state index in [1.54, 1.807) is 31.6 Å². The number of carboxylic acids is 1. The third kappa shape index (κ3) is 4.08. The molecule has 32 heavy (non-hydrogen) atoms. The lowest BCUT2D eigenvalue weighted by molar-refractivity contribution is -0.136. The van der Waals surface area contributed by atoms with Crippen molar-refractivity contribution >= 4 is 29.5 Å². The monoisotopic (exact) mass is 438 g/mol. The molecule has 168 valence electrons. The molecule has 3 aromatic rings. The highest BCUT2D eigenvalue weighted by atomic mass is 16.7. The highest BCUT2D eigenvalue weighted by Gasteiger charge is 2.52. The highest BCUT2D eigenvalue weighted by molar-refractivity contribution is 6.62. The molecule has 0 radical (unpaired) electrons. The van der Waals surface area contributed by atoms with E-state index in [0.717, 1.165) is 16.4 Å². The van der Waals surface area contributed by atoms with Crippen LogP contribution in [0.2, 0.25) is 0 Å². The summed E-state index contributed by atoms with van der Waals surface area (Å²) in [6.07, 6.45) is 1.52. The number of ether oxygens (including phenoxy) is 2. The predicted octanol–water partition coefficient (Wildman–Crippen LogP) is 3.95. The minimum Gasteiger partial charge on any atom is -0.493 e. The number of carbonyl (C=O) groups is 1. The third-order valence-corrected chi connectivity index (χ3v) is 6.18. The molecule has 7 nitrogen and oxygen atoms in total. The van der Waals surface area contributed by atoms with Gasteiger partial charge in [0.2, 0.25) is 0 Å². The van der Waals surface area contributed by atoms with Gasteiger partial charge in [-0.05, 0) is 45.3 Å². The summed E-state index contributed by atoms with van der Waals surface area (Å²) < 4.78 is 29.7. The van der Waals surface area contributed by atoms with Gasteiger partial charge in [-0.1, -0.05) is 24.3 Å². The minimum atomic E-state index is -0.911. The lowest BCUT2D eigenvalue weighted by Crippen LogP contribution is -2.41.